The second kappa shape index (κ2) is 8.36. The average Bonchev–Trinajstić information content (AvgIpc) is 2.67. The predicted octanol–water partition coefficient (Wildman–Crippen LogP) is 4.18. The van der Waals surface area contributed by atoms with Crippen molar-refractivity contribution in [1.82, 2.24) is 4.90 Å². The smallest absolute Gasteiger partial charge is 0.416 e. The highest BCUT2D eigenvalue weighted by molar-refractivity contribution is 8.01. The maximum atomic E-state index is 12.8. The van der Waals surface area contributed by atoms with E-state index in [-0.39, 0.29) is 18.0 Å². The van der Waals surface area contributed by atoms with Gasteiger partial charge in [-0.25, -0.2) is 0 Å². The number of ether oxygens (including phenoxy) is 1. The van der Waals surface area contributed by atoms with E-state index in [9.17, 15) is 22.8 Å². The fourth-order valence-electron chi connectivity index (χ4n) is 2.95. The van der Waals surface area contributed by atoms with Gasteiger partial charge in [-0.05, 0) is 24.3 Å². The van der Waals surface area contributed by atoms with Gasteiger partial charge in [0.2, 0.25) is 11.8 Å². The third-order valence-electron chi connectivity index (χ3n) is 4.51. The van der Waals surface area contributed by atoms with Crippen LogP contribution in [-0.4, -0.2) is 36.1 Å². The molecule has 2 amide bonds. The first-order valence-electron chi connectivity index (χ1n) is 8.73. The molecule has 1 aliphatic rings. The molecule has 154 valence electrons. The molecule has 0 saturated carbocycles. The molecule has 3 rings (SSSR count). The number of rotatable bonds is 5. The van der Waals surface area contributed by atoms with E-state index in [2.05, 4.69) is 5.32 Å². The fourth-order valence-corrected chi connectivity index (χ4v) is 4.03. The lowest BCUT2D eigenvalue weighted by molar-refractivity contribution is -0.137. The number of amides is 2. The molecule has 1 aliphatic heterocycles. The largest absolute Gasteiger partial charge is 0.496 e. The summed E-state index contributed by atoms with van der Waals surface area (Å²) in [4.78, 5) is 26.9. The standard InChI is InChI=1S/C20H19F3N2O3S/c1-25(11-12-5-3-4-6-15(12)28-2)18(26)10-17-19(27)24-14-9-13(20(21,22)23)7-8-16(14)29-17/h3-9,17H,10-11H2,1-2H3,(H,24,27)/t17-/m1/s1. The molecule has 2 aromatic rings. The Kier molecular flexibility index (Phi) is 6.07. The van der Waals surface area contributed by atoms with Crippen LogP contribution in [0.1, 0.15) is 17.5 Å². The number of anilines is 1. The molecule has 1 heterocycles. The summed E-state index contributed by atoms with van der Waals surface area (Å²) < 4.78 is 43.8. The fraction of sp³-hybridized carbons (Fsp3) is 0.300. The van der Waals surface area contributed by atoms with Gasteiger partial charge in [-0.15, -0.1) is 11.8 Å². The van der Waals surface area contributed by atoms with Crippen LogP contribution >= 0.6 is 11.8 Å². The van der Waals surface area contributed by atoms with Crippen molar-refractivity contribution in [2.75, 3.05) is 19.5 Å². The molecule has 0 fully saturated rings. The van der Waals surface area contributed by atoms with Crippen molar-refractivity contribution in [3.63, 3.8) is 0 Å². The Morgan fingerprint density at radius 1 is 1.24 bits per heavy atom. The molecule has 2 aromatic carbocycles. The number of methoxy groups -OCH3 is 1. The Morgan fingerprint density at radius 3 is 2.66 bits per heavy atom. The molecule has 29 heavy (non-hydrogen) atoms. The van der Waals surface area contributed by atoms with Gasteiger partial charge in [0, 0.05) is 30.5 Å². The molecule has 0 spiro atoms. The number of hydrogen-bond donors (Lipinski definition) is 1. The highest BCUT2D eigenvalue weighted by Gasteiger charge is 2.34. The summed E-state index contributed by atoms with van der Waals surface area (Å²) >= 11 is 1.09. The number of carbonyl (C=O) groups is 2. The molecule has 0 radical (unpaired) electrons. The number of halogens is 3. The predicted molar refractivity (Wildman–Crippen MR) is 104 cm³/mol. The molecule has 9 heteroatoms. The molecule has 0 aliphatic carbocycles. The maximum absolute atomic E-state index is 12.8. The number of thioether (sulfide) groups is 1. The minimum Gasteiger partial charge on any atom is -0.496 e. The number of alkyl halides is 3. The highest BCUT2D eigenvalue weighted by Crippen LogP contribution is 2.40. The van der Waals surface area contributed by atoms with Crippen LogP contribution in [0.4, 0.5) is 18.9 Å². The van der Waals surface area contributed by atoms with Crippen LogP contribution in [-0.2, 0) is 22.3 Å². The van der Waals surface area contributed by atoms with Crippen LogP contribution in [0.25, 0.3) is 0 Å². The van der Waals surface area contributed by atoms with Gasteiger partial charge in [0.15, 0.2) is 0 Å². The van der Waals surface area contributed by atoms with E-state index in [4.69, 9.17) is 4.74 Å². The minimum absolute atomic E-state index is 0.0669. The van der Waals surface area contributed by atoms with E-state index < -0.39 is 22.9 Å². The SMILES string of the molecule is COc1ccccc1CN(C)C(=O)C[C@H]1Sc2ccc(C(F)(F)F)cc2NC1=O. The van der Waals surface area contributed by atoms with Crippen LogP contribution in [0.2, 0.25) is 0 Å². The van der Waals surface area contributed by atoms with Crippen molar-refractivity contribution in [2.45, 2.75) is 29.3 Å². The van der Waals surface area contributed by atoms with Gasteiger partial charge in [0.1, 0.15) is 5.75 Å². The van der Waals surface area contributed by atoms with E-state index in [1.165, 1.54) is 11.0 Å². The molecular formula is C20H19F3N2O3S. The number of benzene rings is 2. The number of para-hydroxylation sites is 1. The van der Waals surface area contributed by atoms with Crippen molar-refractivity contribution in [1.29, 1.82) is 0 Å². The van der Waals surface area contributed by atoms with Gasteiger partial charge in [-0.1, -0.05) is 18.2 Å². The number of nitrogens with zero attached hydrogens (tertiary/aromatic N) is 1. The molecule has 0 bridgehead atoms. The molecule has 1 atom stereocenters. The first-order valence-corrected chi connectivity index (χ1v) is 9.61. The zero-order valence-electron chi connectivity index (χ0n) is 15.7. The first kappa shape index (κ1) is 21.0. The number of carbonyl (C=O) groups excluding carboxylic acids is 2. The number of fused-ring (bicyclic) bond motifs is 1. The van der Waals surface area contributed by atoms with Crippen molar-refractivity contribution >= 4 is 29.3 Å². The van der Waals surface area contributed by atoms with E-state index >= 15 is 0 Å². The molecule has 0 saturated heterocycles. The normalized spacial score (nSPS) is 16.0. The molecule has 0 unspecified atom stereocenters. The Labute approximate surface area is 170 Å². The van der Waals surface area contributed by atoms with E-state index in [0.717, 1.165) is 29.5 Å². The topological polar surface area (TPSA) is 58.6 Å². The molecule has 0 aromatic heterocycles. The lowest BCUT2D eigenvalue weighted by Crippen LogP contribution is -2.35. The third kappa shape index (κ3) is 4.84. The summed E-state index contributed by atoms with van der Waals surface area (Å²) in [6.07, 6.45) is -4.55. The van der Waals surface area contributed by atoms with Crippen molar-refractivity contribution in [2.24, 2.45) is 0 Å². The summed E-state index contributed by atoms with van der Waals surface area (Å²) in [5.41, 5.74) is 0.112. The summed E-state index contributed by atoms with van der Waals surface area (Å²) in [7, 11) is 3.18. The van der Waals surface area contributed by atoms with Gasteiger partial charge in [-0.3, -0.25) is 9.59 Å². The van der Waals surface area contributed by atoms with Crippen molar-refractivity contribution in [3.05, 3.63) is 53.6 Å². The number of hydrogen-bond acceptors (Lipinski definition) is 4. The first-order chi connectivity index (χ1) is 13.7. The summed E-state index contributed by atoms with van der Waals surface area (Å²) in [6.45, 7) is 0.313. The van der Waals surface area contributed by atoms with Crippen LogP contribution in [0.3, 0.4) is 0 Å². The lowest BCUT2D eigenvalue weighted by Gasteiger charge is -2.26. The number of nitrogens with one attached hydrogen (secondary N) is 1. The summed E-state index contributed by atoms with van der Waals surface area (Å²) in [6, 6.07) is 10.5. The van der Waals surface area contributed by atoms with Gasteiger partial charge in [0.25, 0.3) is 0 Å². The van der Waals surface area contributed by atoms with Crippen molar-refractivity contribution < 1.29 is 27.5 Å². The van der Waals surface area contributed by atoms with Crippen LogP contribution in [0, 0.1) is 0 Å². The summed E-state index contributed by atoms with van der Waals surface area (Å²) in [5, 5.41) is 1.77. The zero-order valence-corrected chi connectivity index (χ0v) is 16.6. The van der Waals surface area contributed by atoms with Gasteiger partial charge in [0.05, 0.1) is 23.6 Å². The van der Waals surface area contributed by atoms with E-state index in [1.54, 1.807) is 20.2 Å². The quantitative estimate of drug-likeness (QED) is 0.783. The Bertz CT molecular complexity index is 933. The van der Waals surface area contributed by atoms with Gasteiger partial charge >= 0.3 is 6.18 Å². The Balaban J connectivity index is 1.67. The monoisotopic (exact) mass is 424 g/mol. The van der Waals surface area contributed by atoms with Gasteiger partial charge < -0.3 is 15.0 Å². The summed E-state index contributed by atoms with van der Waals surface area (Å²) in [5.74, 6) is -0.0777. The van der Waals surface area contributed by atoms with Crippen LogP contribution in [0.15, 0.2) is 47.4 Å². The van der Waals surface area contributed by atoms with Gasteiger partial charge in [-0.2, -0.15) is 13.2 Å². The van der Waals surface area contributed by atoms with Crippen LogP contribution < -0.4 is 10.1 Å². The molecular weight excluding hydrogens is 405 g/mol. The van der Waals surface area contributed by atoms with E-state index in [0.29, 0.717) is 17.2 Å². The average molecular weight is 424 g/mol. The second-order valence-corrected chi connectivity index (χ2v) is 7.81. The Morgan fingerprint density at radius 2 is 1.97 bits per heavy atom. The lowest BCUT2D eigenvalue weighted by atomic mass is 10.1. The highest BCUT2D eigenvalue weighted by atomic mass is 32.2. The zero-order chi connectivity index (χ0) is 21.2. The molecule has 5 nitrogen and oxygen atoms in total. The Hall–Kier alpha value is -2.68. The maximum Gasteiger partial charge on any atom is 0.416 e. The minimum atomic E-state index is -4.49. The van der Waals surface area contributed by atoms with Crippen LogP contribution in [0.5, 0.6) is 5.75 Å². The van der Waals surface area contributed by atoms with E-state index in [1.807, 2.05) is 18.2 Å². The van der Waals surface area contributed by atoms with Crippen molar-refractivity contribution in [3.8, 4) is 5.75 Å². The third-order valence-corrected chi connectivity index (χ3v) is 5.79. The second-order valence-electron chi connectivity index (χ2n) is 6.57. The molecule has 1 N–H and O–H groups in total.